The molecule has 0 radical (unpaired) electrons. The van der Waals surface area contributed by atoms with Crippen LogP contribution in [0.15, 0.2) is 73.3 Å². The van der Waals surface area contributed by atoms with Gasteiger partial charge in [-0.15, -0.1) is 6.58 Å². The summed E-state index contributed by atoms with van der Waals surface area (Å²) in [6.07, 6.45) is 2.72. The predicted molar refractivity (Wildman–Crippen MR) is 81.5 cm³/mol. The van der Waals surface area contributed by atoms with Crippen molar-refractivity contribution in [1.82, 2.24) is 0 Å². The Kier molecular flexibility index (Phi) is 3.15. The number of anilines is 1. The molecule has 1 saturated carbocycles. The Labute approximate surface area is 119 Å². The lowest BCUT2D eigenvalue weighted by Crippen LogP contribution is -2.29. The van der Waals surface area contributed by atoms with E-state index >= 15 is 0 Å². The summed E-state index contributed by atoms with van der Waals surface area (Å²) < 4.78 is 0. The van der Waals surface area contributed by atoms with Crippen molar-refractivity contribution in [2.45, 2.75) is 11.8 Å². The fraction of sp³-hybridized carbons (Fsp3) is 0.167. The van der Waals surface area contributed by atoms with Crippen LogP contribution in [-0.2, 0) is 10.2 Å². The van der Waals surface area contributed by atoms with Crippen LogP contribution in [0.4, 0.5) is 5.69 Å². The highest BCUT2D eigenvalue weighted by Gasteiger charge is 2.59. The molecule has 1 N–H and O–H groups in total. The van der Waals surface area contributed by atoms with Gasteiger partial charge < -0.3 is 5.32 Å². The zero-order valence-electron chi connectivity index (χ0n) is 11.3. The van der Waals surface area contributed by atoms with Gasteiger partial charge in [-0.1, -0.05) is 54.6 Å². The first-order chi connectivity index (χ1) is 9.77. The molecule has 0 bridgehead atoms. The third-order valence-electron chi connectivity index (χ3n) is 4.03. The number of hydrogen-bond acceptors (Lipinski definition) is 1. The Morgan fingerprint density at radius 1 is 1.10 bits per heavy atom. The summed E-state index contributed by atoms with van der Waals surface area (Å²) in [6.45, 7) is 3.85. The molecule has 0 spiro atoms. The van der Waals surface area contributed by atoms with Gasteiger partial charge in [0, 0.05) is 5.69 Å². The standard InChI is InChI=1S/C18H17NO/c1-2-14-13-18(14,15-9-5-3-6-10-15)17(20)19-16-11-7-4-8-12-16/h2-12,14H,1,13H2,(H,19,20). The van der Waals surface area contributed by atoms with E-state index in [0.717, 1.165) is 17.7 Å². The molecule has 3 rings (SSSR count). The topological polar surface area (TPSA) is 29.1 Å². The zero-order valence-corrected chi connectivity index (χ0v) is 11.3. The number of para-hydroxylation sites is 1. The highest BCUT2D eigenvalue weighted by Crippen LogP contribution is 2.55. The SMILES string of the molecule is C=CC1CC1(C(=O)Nc1ccccc1)c1ccccc1. The number of hydrogen-bond donors (Lipinski definition) is 1. The predicted octanol–water partition coefficient (Wildman–Crippen LogP) is 3.77. The molecule has 1 amide bonds. The second-order valence-corrected chi connectivity index (χ2v) is 5.20. The van der Waals surface area contributed by atoms with Crippen molar-refractivity contribution in [3.63, 3.8) is 0 Å². The van der Waals surface area contributed by atoms with E-state index < -0.39 is 5.41 Å². The van der Waals surface area contributed by atoms with Gasteiger partial charge in [0.15, 0.2) is 0 Å². The first-order valence-electron chi connectivity index (χ1n) is 6.82. The van der Waals surface area contributed by atoms with Gasteiger partial charge in [-0.2, -0.15) is 0 Å². The molecule has 2 heteroatoms. The highest BCUT2D eigenvalue weighted by atomic mass is 16.2. The summed E-state index contributed by atoms with van der Waals surface area (Å²) in [5.41, 5.74) is 1.46. The molecule has 2 nitrogen and oxygen atoms in total. The average molecular weight is 263 g/mol. The van der Waals surface area contributed by atoms with Crippen LogP contribution < -0.4 is 5.32 Å². The molecule has 100 valence electrons. The Balaban J connectivity index is 1.89. The molecule has 0 heterocycles. The second kappa shape index (κ2) is 4.97. The van der Waals surface area contributed by atoms with Crippen LogP contribution in [0.2, 0.25) is 0 Å². The van der Waals surface area contributed by atoms with Crippen molar-refractivity contribution in [2.75, 3.05) is 5.32 Å². The first kappa shape index (κ1) is 12.7. The van der Waals surface area contributed by atoms with Crippen LogP contribution in [0.5, 0.6) is 0 Å². The number of amides is 1. The molecule has 2 atom stereocenters. The molecule has 1 aliphatic rings. The molecular formula is C18H17NO. The average Bonchev–Trinajstić information content (AvgIpc) is 3.25. The molecule has 1 aliphatic carbocycles. The lowest BCUT2D eigenvalue weighted by atomic mass is 9.92. The van der Waals surface area contributed by atoms with E-state index in [2.05, 4.69) is 11.9 Å². The van der Waals surface area contributed by atoms with Gasteiger partial charge in [0.2, 0.25) is 5.91 Å². The fourth-order valence-electron chi connectivity index (χ4n) is 2.80. The summed E-state index contributed by atoms with van der Waals surface area (Å²) in [7, 11) is 0. The van der Waals surface area contributed by atoms with Crippen LogP contribution >= 0.6 is 0 Å². The normalized spacial score (nSPS) is 23.9. The molecule has 20 heavy (non-hydrogen) atoms. The molecule has 1 fully saturated rings. The summed E-state index contributed by atoms with van der Waals surface area (Å²) in [4.78, 5) is 12.7. The maximum absolute atomic E-state index is 12.7. The molecule has 2 unspecified atom stereocenters. The number of allylic oxidation sites excluding steroid dienone is 1. The maximum atomic E-state index is 12.7. The van der Waals surface area contributed by atoms with E-state index in [4.69, 9.17) is 0 Å². The largest absolute Gasteiger partial charge is 0.325 e. The minimum Gasteiger partial charge on any atom is -0.325 e. The van der Waals surface area contributed by atoms with Gasteiger partial charge in [-0.05, 0) is 30.0 Å². The number of carbonyl (C=O) groups excluding carboxylic acids is 1. The van der Waals surface area contributed by atoms with Crippen molar-refractivity contribution < 1.29 is 4.79 Å². The van der Waals surface area contributed by atoms with E-state index in [0.29, 0.717) is 0 Å². The minimum absolute atomic E-state index is 0.0554. The lowest BCUT2D eigenvalue weighted by Gasteiger charge is -2.17. The van der Waals surface area contributed by atoms with Crippen molar-refractivity contribution in [3.8, 4) is 0 Å². The summed E-state index contributed by atoms with van der Waals surface area (Å²) in [5, 5.41) is 3.02. The fourth-order valence-corrected chi connectivity index (χ4v) is 2.80. The van der Waals surface area contributed by atoms with Gasteiger partial charge in [-0.25, -0.2) is 0 Å². The Hall–Kier alpha value is -2.35. The maximum Gasteiger partial charge on any atom is 0.235 e. The Bertz CT molecular complexity index is 620. The lowest BCUT2D eigenvalue weighted by molar-refractivity contribution is -0.118. The van der Waals surface area contributed by atoms with Gasteiger partial charge in [0.25, 0.3) is 0 Å². The minimum atomic E-state index is -0.446. The molecule has 2 aromatic rings. The van der Waals surface area contributed by atoms with E-state index in [9.17, 15) is 4.79 Å². The van der Waals surface area contributed by atoms with Crippen molar-refractivity contribution >= 4 is 11.6 Å². The van der Waals surface area contributed by atoms with Gasteiger partial charge >= 0.3 is 0 Å². The Morgan fingerprint density at radius 2 is 1.70 bits per heavy atom. The third-order valence-corrected chi connectivity index (χ3v) is 4.03. The van der Waals surface area contributed by atoms with Crippen LogP contribution in [-0.4, -0.2) is 5.91 Å². The number of carbonyl (C=O) groups is 1. The van der Waals surface area contributed by atoms with E-state index in [-0.39, 0.29) is 11.8 Å². The Morgan fingerprint density at radius 3 is 2.25 bits per heavy atom. The number of benzene rings is 2. The molecule has 0 aromatic heterocycles. The second-order valence-electron chi connectivity index (χ2n) is 5.20. The van der Waals surface area contributed by atoms with Crippen LogP contribution in [0, 0.1) is 5.92 Å². The molecular weight excluding hydrogens is 246 g/mol. The monoisotopic (exact) mass is 263 g/mol. The van der Waals surface area contributed by atoms with E-state index in [1.807, 2.05) is 66.7 Å². The summed E-state index contributed by atoms with van der Waals surface area (Å²) >= 11 is 0. The zero-order chi connectivity index (χ0) is 14.0. The van der Waals surface area contributed by atoms with E-state index in [1.165, 1.54) is 0 Å². The van der Waals surface area contributed by atoms with Crippen LogP contribution in [0.25, 0.3) is 0 Å². The quantitative estimate of drug-likeness (QED) is 0.836. The smallest absolute Gasteiger partial charge is 0.235 e. The molecule has 0 aliphatic heterocycles. The van der Waals surface area contributed by atoms with Crippen LogP contribution in [0.1, 0.15) is 12.0 Å². The van der Waals surface area contributed by atoms with Gasteiger partial charge in [-0.3, -0.25) is 4.79 Å². The van der Waals surface area contributed by atoms with Gasteiger partial charge in [0.05, 0.1) is 5.41 Å². The number of nitrogens with one attached hydrogen (secondary N) is 1. The van der Waals surface area contributed by atoms with Crippen LogP contribution in [0.3, 0.4) is 0 Å². The molecule has 0 saturated heterocycles. The van der Waals surface area contributed by atoms with Crippen molar-refractivity contribution in [3.05, 3.63) is 78.9 Å². The van der Waals surface area contributed by atoms with Crippen molar-refractivity contribution in [1.29, 1.82) is 0 Å². The highest BCUT2D eigenvalue weighted by molar-refractivity contribution is 6.02. The number of rotatable bonds is 4. The molecule has 2 aromatic carbocycles. The first-order valence-corrected chi connectivity index (χ1v) is 6.82. The summed E-state index contributed by atoms with van der Waals surface area (Å²) in [5.74, 6) is 0.272. The van der Waals surface area contributed by atoms with Gasteiger partial charge in [0.1, 0.15) is 0 Å². The van der Waals surface area contributed by atoms with E-state index in [1.54, 1.807) is 0 Å². The summed E-state index contributed by atoms with van der Waals surface area (Å²) in [6, 6.07) is 19.6. The third kappa shape index (κ3) is 2.03. The van der Waals surface area contributed by atoms with Crippen molar-refractivity contribution in [2.24, 2.45) is 5.92 Å².